The second-order valence-corrected chi connectivity index (χ2v) is 7.70. The van der Waals surface area contributed by atoms with E-state index in [-0.39, 0.29) is 17.7 Å². The average Bonchev–Trinajstić information content (AvgIpc) is 2.54. The average molecular weight is 327 g/mol. The van der Waals surface area contributed by atoms with Crippen molar-refractivity contribution in [3.05, 3.63) is 24.3 Å². The summed E-state index contributed by atoms with van der Waals surface area (Å²) in [5.74, 6) is 1.83. The number of benzene rings is 1. The first-order valence-corrected chi connectivity index (χ1v) is 9.46. The van der Waals surface area contributed by atoms with Crippen molar-refractivity contribution in [3.8, 4) is 11.5 Å². The molecule has 2 rings (SSSR count). The summed E-state index contributed by atoms with van der Waals surface area (Å²) in [5, 5.41) is 0. The highest BCUT2D eigenvalue weighted by Gasteiger charge is 2.28. The van der Waals surface area contributed by atoms with Crippen molar-refractivity contribution < 1.29 is 17.9 Å². The number of hydrogen-bond acceptors (Lipinski definition) is 4. The van der Waals surface area contributed by atoms with Crippen molar-refractivity contribution in [2.45, 2.75) is 38.6 Å². The molecule has 0 spiro atoms. The van der Waals surface area contributed by atoms with E-state index in [0.29, 0.717) is 6.61 Å². The molecule has 0 heterocycles. The molecule has 5 nitrogen and oxygen atoms in total. The van der Waals surface area contributed by atoms with Crippen LogP contribution in [0.4, 0.5) is 0 Å². The van der Waals surface area contributed by atoms with E-state index in [1.54, 1.807) is 14.0 Å². The zero-order valence-corrected chi connectivity index (χ0v) is 14.1. The summed E-state index contributed by atoms with van der Waals surface area (Å²) >= 11 is 0. The fourth-order valence-corrected chi connectivity index (χ4v) is 3.71. The smallest absolute Gasteiger partial charge is 0.211 e. The number of rotatable bonds is 7. The monoisotopic (exact) mass is 327 g/mol. The SMILES string of the molecule is CCS(=O)(=O)NC1CCCCC1COc1cccc(OC)c1. The van der Waals surface area contributed by atoms with Gasteiger partial charge in [-0.2, -0.15) is 0 Å². The molecule has 0 bridgehead atoms. The summed E-state index contributed by atoms with van der Waals surface area (Å²) in [6, 6.07) is 7.45. The van der Waals surface area contributed by atoms with E-state index in [9.17, 15) is 8.42 Å². The Morgan fingerprint density at radius 1 is 1.23 bits per heavy atom. The van der Waals surface area contributed by atoms with Gasteiger partial charge in [0.2, 0.25) is 10.0 Å². The minimum absolute atomic E-state index is 0.0238. The van der Waals surface area contributed by atoms with E-state index in [0.717, 1.165) is 37.2 Å². The second kappa shape index (κ2) is 7.83. The summed E-state index contributed by atoms with van der Waals surface area (Å²) in [6.45, 7) is 2.18. The third kappa shape index (κ3) is 4.88. The molecule has 22 heavy (non-hydrogen) atoms. The van der Waals surface area contributed by atoms with Gasteiger partial charge in [0.1, 0.15) is 11.5 Å². The fourth-order valence-electron chi connectivity index (χ4n) is 2.77. The Labute approximate surface area is 133 Å². The molecule has 2 atom stereocenters. The Morgan fingerprint density at radius 2 is 1.95 bits per heavy atom. The first kappa shape index (κ1) is 17.1. The summed E-state index contributed by atoms with van der Waals surface area (Å²) in [5.41, 5.74) is 0. The summed E-state index contributed by atoms with van der Waals surface area (Å²) < 4.78 is 37.5. The number of methoxy groups -OCH3 is 1. The molecular weight excluding hydrogens is 302 g/mol. The molecule has 1 fully saturated rings. The van der Waals surface area contributed by atoms with Crippen LogP contribution >= 0.6 is 0 Å². The molecule has 1 saturated carbocycles. The quantitative estimate of drug-likeness (QED) is 0.836. The first-order chi connectivity index (χ1) is 10.5. The highest BCUT2D eigenvalue weighted by molar-refractivity contribution is 7.89. The summed E-state index contributed by atoms with van der Waals surface area (Å²) in [4.78, 5) is 0. The largest absolute Gasteiger partial charge is 0.497 e. The van der Waals surface area contributed by atoms with Crippen LogP contribution in [0.25, 0.3) is 0 Å². The van der Waals surface area contributed by atoms with E-state index in [2.05, 4.69) is 4.72 Å². The van der Waals surface area contributed by atoms with E-state index in [1.165, 1.54) is 0 Å². The van der Waals surface area contributed by atoms with Crippen LogP contribution in [0.3, 0.4) is 0 Å². The molecule has 1 aromatic rings. The normalized spacial score (nSPS) is 22.3. The lowest BCUT2D eigenvalue weighted by Crippen LogP contribution is -2.44. The minimum Gasteiger partial charge on any atom is -0.497 e. The van der Waals surface area contributed by atoms with Gasteiger partial charge in [0.15, 0.2) is 0 Å². The first-order valence-electron chi connectivity index (χ1n) is 7.81. The van der Waals surface area contributed by atoms with E-state index in [1.807, 2.05) is 24.3 Å². The molecule has 0 aliphatic heterocycles. The summed E-state index contributed by atoms with van der Waals surface area (Å²) in [6.07, 6.45) is 4.05. The van der Waals surface area contributed by atoms with Crippen LogP contribution in [0.5, 0.6) is 11.5 Å². The van der Waals surface area contributed by atoms with E-state index in [4.69, 9.17) is 9.47 Å². The van der Waals surface area contributed by atoms with Crippen LogP contribution in [0.2, 0.25) is 0 Å². The second-order valence-electron chi connectivity index (χ2n) is 5.66. The van der Waals surface area contributed by atoms with Crippen molar-refractivity contribution in [1.82, 2.24) is 4.72 Å². The molecule has 0 amide bonds. The van der Waals surface area contributed by atoms with Gasteiger partial charge in [-0.1, -0.05) is 18.9 Å². The Hall–Kier alpha value is -1.27. The van der Waals surface area contributed by atoms with Crippen molar-refractivity contribution >= 4 is 10.0 Å². The minimum atomic E-state index is -3.17. The third-order valence-corrected chi connectivity index (χ3v) is 5.55. The van der Waals surface area contributed by atoms with Crippen molar-refractivity contribution in [3.63, 3.8) is 0 Å². The Bertz CT molecular complexity index is 573. The van der Waals surface area contributed by atoms with Crippen molar-refractivity contribution in [1.29, 1.82) is 0 Å². The van der Waals surface area contributed by atoms with Gasteiger partial charge in [0.05, 0.1) is 19.5 Å². The number of nitrogens with one attached hydrogen (secondary N) is 1. The van der Waals surface area contributed by atoms with Gasteiger partial charge in [-0.3, -0.25) is 0 Å². The highest BCUT2D eigenvalue weighted by atomic mass is 32.2. The lowest BCUT2D eigenvalue weighted by molar-refractivity contribution is 0.180. The van der Waals surface area contributed by atoms with Gasteiger partial charge in [0.25, 0.3) is 0 Å². The zero-order valence-electron chi connectivity index (χ0n) is 13.2. The van der Waals surface area contributed by atoms with Gasteiger partial charge in [-0.25, -0.2) is 13.1 Å². The van der Waals surface area contributed by atoms with Gasteiger partial charge in [0, 0.05) is 18.0 Å². The fraction of sp³-hybridized carbons (Fsp3) is 0.625. The Balaban J connectivity index is 1.96. The number of sulfonamides is 1. The van der Waals surface area contributed by atoms with Gasteiger partial charge >= 0.3 is 0 Å². The standard InChI is InChI=1S/C16H25NO4S/c1-3-22(18,19)17-16-10-5-4-7-13(16)12-21-15-9-6-8-14(11-15)20-2/h6,8-9,11,13,16-17H,3-5,7,10,12H2,1-2H3. The van der Waals surface area contributed by atoms with Crippen LogP contribution in [0.15, 0.2) is 24.3 Å². The lowest BCUT2D eigenvalue weighted by Gasteiger charge is -2.31. The molecule has 124 valence electrons. The maximum Gasteiger partial charge on any atom is 0.211 e. The summed E-state index contributed by atoms with van der Waals surface area (Å²) in [7, 11) is -1.55. The van der Waals surface area contributed by atoms with Crippen LogP contribution in [-0.4, -0.2) is 33.9 Å². The molecule has 0 aromatic heterocycles. The van der Waals surface area contributed by atoms with Gasteiger partial charge in [-0.05, 0) is 31.9 Å². The predicted molar refractivity (Wildman–Crippen MR) is 86.8 cm³/mol. The highest BCUT2D eigenvalue weighted by Crippen LogP contribution is 2.27. The van der Waals surface area contributed by atoms with Crippen molar-refractivity contribution in [2.24, 2.45) is 5.92 Å². The van der Waals surface area contributed by atoms with Crippen LogP contribution in [-0.2, 0) is 10.0 Å². The molecule has 1 aromatic carbocycles. The Kier molecular flexibility index (Phi) is 6.08. The van der Waals surface area contributed by atoms with Gasteiger partial charge in [-0.15, -0.1) is 0 Å². The number of hydrogen-bond donors (Lipinski definition) is 1. The van der Waals surface area contributed by atoms with Crippen LogP contribution in [0, 0.1) is 5.92 Å². The maximum absolute atomic E-state index is 11.8. The lowest BCUT2D eigenvalue weighted by atomic mass is 9.86. The molecule has 1 N–H and O–H groups in total. The molecule has 1 aliphatic carbocycles. The topological polar surface area (TPSA) is 64.6 Å². The molecular formula is C16H25NO4S. The van der Waals surface area contributed by atoms with E-state index >= 15 is 0 Å². The van der Waals surface area contributed by atoms with Crippen molar-refractivity contribution in [2.75, 3.05) is 19.5 Å². The maximum atomic E-state index is 11.8. The third-order valence-electron chi connectivity index (χ3n) is 4.13. The van der Waals surface area contributed by atoms with Crippen LogP contribution < -0.4 is 14.2 Å². The van der Waals surface area contributed by atoms with Crippen LogP contribution in [0.1, 0.15) is 32.6 Å². The zero-order chi connectivity index (χ0) is 16.0. The van der Waals surface area contributed by atoms with E-state index < -0.39 is 10.0 Å². The molecule has 6 heteroatoms. The van der Waals surface area contributed by atoms with Gasteiger partial charge < -0.3 is 9.47 Å². The molecule has 0 saturated heterocycles. The molecule has 0 radical (unpaired) electrons. The molecule has 2 unspecified atom stereocenters. The predicted octanol–water partition coefficient (Wildman–Crippen LogP) is 2.57. The Morgan fingerprint density at radius 3 is 2.68 bits per heavy atom. The number of ether oxygens (including phenoxy) is 2. The molecule has 1 aliphatic rings.